The van der Waals surface area contributed by atoms with E-state index in [0.29, 0.717) is 12.5 Å². The fourth-order valence-corrected chi connectivity index (χ4v) is 4.02. The Morgan fingerprint density at radius 1 is 1.10 bits per heavy atom. The van der Waals surface area contributed by atoms with Crippen molar-refractivity contribution in [1.29, 1.82) is 0 Å². The number of aryl methyl sites for hydroxylation is 2. The van der Waals surface area contributed by atoms with Crippen LogP contribution in [0.1, 0.15) is 35.7 Å². The van der Waals surface area contributed by atoms with E-state index in [-0.39, 0.29) is 19.0 Å². The highest BCUT2D eigenvalue weighted by atomic mass is 35.5. The molecule has 1 fully saturated rings. The Hall–Kier alpha value is -2.08. The summed E-state index contributed by atoms with van der Waals surface area (Å²) >= 11 is 0. The maximum Gasteiger partial charge on any atom is 0.125 e. The molecular weight excluding hydrogens is 388 g/mol. The number of aliphatic hydroxyl groups is 1. The normalized spacial score (nSPS) is 15.8. The van der Waals surface area contributed by atoms with E-state index in [1.165, 1.54) is 0 Å². The van der Waals surface area contributed by atoms with Gasteiger partial charge in [-0.05, 0) is 49.9 Å². The van der Waals surface area contributed by atoms with Gasteiger partial charge in [-0.2, -0.15) is 0 Å². The van der Waals surface area contributed by atoms with Crippen LogP contribution < -0.4 is 4.74 Å². The zero-order chi connectivity index (χ0) is 19.5. The highest BCUT2D eigenvalue weighted by molar-refractivity contribution is 5.85. The van der Waals surface area contributed by atoms with E-state index in [0.717, 1.165) is 59.8 Å². The minimum Gasteiger partial charge on any atom is -0.490 e. The van der Waals surface area contributed by atoms with Crippen LogP contribution in [0, 0.1) is 13.8 Å². The third-order valence-electron chi connectivity index (χ3n) is 5.49. The number of nitrogens with zero attached hydrogens (tertiary/aromatic N) is 2. The first-order chi connectivity index (χ1) is 13.6. The standard InChI is InChI=1S/C23H28N2O3.ClH/c1-16-6-5-7-17(2)22(16)28-15-19(26)14-25-21-9-4-3-8-20(21)24-23(25)18-10-12-27-13-11-18;/h3-9,18-19,26H,10-15H2,1-2H3;1H. The molecule has 0 spiro atoms. The number of fused-ring (bicyclic) bond motifs is 1. The molecule has 6 heteroatoms. The molecule has 29 heavy (non-hydrogen) atoms. The van der Waals surface area contributed by atoms with Gasteiger partial charge in [0.1, 0.15) is 24.3 Å². The molecule has 1 N–H and O–H groups in total. The summed E-state index contributed by atoms with van der Waals surface area (Å²) in [5.74, 6) is 2.28. The third kappa shape index (κ3) is 4.74. The maximum absolute atomic E-state index is 10.7. The summed E-state index contributed by atoms with van der Waals surface area (Å²) in [6.07, 6.45) is 1.33. The number of imidazole rings is 1. The van der Waals surface area contributed by atoms with Gasteiger partial charge in [-0.3, -0.25) is 0 Å². The molecular formula is C23H29ClN2O3. The van der Waals surface area contributed by atoms with Crippen LogP contribution in [0.4, 0.5) is 0 Å². The average Bonchev–Trinajstić information content (AvgIpc) is 3.07. The van der Waals surface area contributed by atoms with Crippen LogP contribution in [0.5, 0.6) is 5.75 Å². The minimum atomic E-state index is -0.616. The predicted molar refractivity (Wildman–Crippen MR) is 117 cm³/mol. The molecule has 0 aliphatic carbocycles. The number of aromatic nitrogens is 2. The first-order valence-corrected chi connectivity index (χ1v) is 10.0. The van der Waals surface area contributed by atoms with Crippen LogP contribution in [0.25, 0.3) is 11.0 Å². The molecule has 0 saturated carbocycles. The molecule has 1 atom stereocenters. The molecule has 0 amide bonds. The minimum absolute atomic E-state index is 0. The first kappa shape index (κ1) is 21.6. The van der Waals surface area contributed by atoms with Crippen molar-refractivity contribution in [1.82, 2.24) is 9.55 Å². The number of hydrogen-bond donors (Lipinski definition) is 1. The Morgan fingerprint density at radius 3 is 2.52 bits per heavy atom. The second kappa shape index (κ2) is 9.61. The van der Waals surface area contributed by atoms with Gasteiger partial charge in [-0.25, -0.2) is 4.98 Å². The molecule has 1 aliphatic heterocycles. The van der Waals surface area contributed by atoms with Gasteiger partial charge in [0.05, 0.1) is 17.6 Å². The molecule has 0 radical (unpaired) electrons. The number of benzene rings is 2. The number of ether oxygens (including phenoxy) is 2. The fourth-order valence-electron chi connectivity index (χ4n) is 4.02. The van der Waals surface area contributed by atoms with Crippen molar-refractivity contribution in [3.8, 4) is 5.75 Å². The lowest BCUT2D eigenvalue weighted by Crippen LogP contribution is -2.26. The lowest BCUT2D eigenvalue weighted by Gasteiger charge is -2.24. The first-order valence-electron chi connectivity index (χ1n) is 10.0. The SMILES string of the molecule is Cc1cccc(C)c1OCC(O)Cn1c(C2CCOCC2)nc2ccccc21.Cl. The van der Waals surface area contributed by atoms with Crippen LogP contribution in [-0.2, 0) is 11.3 Å². The summed E-state index contributed by atoms with van der Waals surface area (Å²) in [6, 6.07) is 14.2. The van der Waals surface area contributed by atoms with E-state index in [9.17, 15) is 5.11 Å². The Bertz CT molecular complexity index is 930. The van der Waals surface area contributed by atoms with Crippen molar-refractivity contribution in [3.63, 3.8) is 0 Å². The largest absolute Gasteiger partial charge is 0.490 e. The number of aliphatic hydroxyl groups excluding tert-OH is 1. The van der Waals surface area contributed by atoms with Gasteiger partial charge in [0, 0.05) is 19.1 Å². The van der Waals surface area contributed by atoms with Gasteiger partial charge in [0.2, 0.25) is 0 Å². The molecule has 5 nitrogen and oxygen atoms in total. The van der Waals surface area contributed by atoms with Gasteiger partial charge >= 0.3 is 0 Å². The number of halogens is 1. The highest BCUT2D eigenvalue weighted by Gasteiger charge is 2.24. The predicted octanol–water partition coefficient (Wildman–Crippen LogP) is 4.41. The Balaban J connectivity index is 0.00000240. The molecule has 1 aliphatic rings. The van der Waals surface area contributed by atoms with E-state index in [4.69, 9.17) is 14.5 Å². The van der Waals surface area contributed by atoms with Gasteiger partial charge in [0.15, 0.2) is 0 Å². The van der Waals surface area contributed by atoms with E-state index in [2.05, 4.69) is 10.6 Å². The van der Waals surface area contributed by atoms with E-state index < -0.39 is 6.10 Å². The summed E-state index contributed by atoms with van der Waals surface area (Å²) in [5.41, 5.74) is 4.22. The lowest BCUT2D eigenvalue weighted by atomic mass is 9.99. The summed E-state index contributed by atoms with van der Waals surface area (Å²) in [7, 11) is 0. The number of para-hydroxylation sites is 3. The van der Waals surface area contributed by atoms with Crippen LogP contribution in [0.2, 0.25) is 0 Å². The number of rotatable bonds is 6. The molecule has 1 aromatic heterocycles. The van der Waals surface area contributed by atoms with E-state index in [1.54, 1.807) is 0 Å². The quantitative estimate of drug-likeness (QED) is 0.646. The third-order valence-corrected chi connectivity index (χ3v) is 5.49. The summed E-state index contributed by atoms with van der Waals surface area (Å²) in [6.45, 7) is 6.32. The summed E-state index contributed by atoms with van der Waals surface area (Å²) < 4.78 is 13.7. The molecule has 2 heterocycles. The molecule has 1 unspecified atom stereocenters. The van der Waals surface area contributed by atoms with Crippen molar-refractivity contribution in [3.05, 3.63) is 59.4 Å². The molecule has 0 bridgehead atoms. The monoisotopic (exact) mass is 416 g/mol. The van der Waals surface area contributed by atoms with Gasteiger partial charge < -0.3 is 19.1 Å². The van der Waals surface area contributed by atoms with Gasteiger partial charge in [-0.1, -0.05) is 30.3 Å². The zero-order valence-corrected chi connectivity index (χ0v) is 17.8. The zero-order valence-electron chi connectivity index (χ0n) is 17.0. The second-order valence-electron chi connectivity index (χ2n) is 7.64. The maximum atomic E-state index is 10.7. The molecule has 2 aromatic carbocycles. The van der Waals surface area contributed by atoms with Crippen molar-refractivity contribution >= 4 is 23.4 Å². The van der Waals surface area contributed by atoms with Crippen LogP contribution >= 0.6 is 12.4 Å². The van der Waals surface area contributed by atoms with E-state index in [1.807, 2.05) is 50.2 Å². The Labute approximate surface area is 178 Å². The van der Waals surface area contributed by atoms with Crippen molar-refractivity contribution in [2.75, 3.05) is 19.8 Å². The highest BCUT2D eigenvalue weighted by Crippen LogP contribution is 2.30. The number of hydrogen-bond acceptors (Lipinski definition) is 4. The van der Waals surface area contributed by atoms with Gasteiger partial charge in [-0.15, -0.1) is 12.4 Å². The molecule has 1 saturated heterocycles. The van der Waals surface area contributed by atoms with Gasteiger partial charge in [0.25, 0.3) is 0 Å². The van der Waals surface area contributed by atoms with Crippen molar-refractivity contribution in [2.24, 2.45) is 0 Å². The Morgan fingerprint density at radius 2 is 1.79 bits per heavy atom. The summed E-state index contributed by atoms with van der Waals surface area (Å²) in [5, 5.41) is 10.7. The smallest absolute Gasteiger partial charge is 0.125 e. The molecule has 3 aromatic rings. The molecule has 156 valence electrons. The molecule has 4 rings (SSSR count). The Kier molecular flexibility index (Phi) is 7.17. The van der Waals surface area contributed by atoms with Crippen LogP contribution in [0.15, 0.2) is 42.5 Å². The van der Waals surface area contributed by atoms with Crippen LogP contribution in [0.3, 0.4) is 0 Å². The summed E-state index contributed by atoms with van der Waals surface area (Å²) in [4.78, 5) is 4.89. The topological polar surface area (TPSA) is 56.5 Å². The fraction of sp³-hybridized carbons (Fsp3) is 0.435. The van der Waals surface area contributed by atoms with Crippen LogP contribution in [-0.4, -0.2) is 40.6 Å². The van der Waals surface area contributed by atoms with E-state index >= 15 is 0 Å². The lowest BCUT2D eigenvalue weighted by molar-refractivity contribution is 0.0779. The van der Waals surface area contributed by atoms with Crippen molar-refractivity contribution in [2.45, 2.75) is 45.3 Å². The second-order valence-corrected chi connectivity index (χ2v) is 7.64. The van der Waals surface area contributed by atoms with Crippen molar-refractivity contribution < 1.29 is 14.6 Å². The average molecular weight is 417 g/mol.